The molecule has 1 aliphatic heterocycles. The minimum Gasteiger partial charge on any atom is -0.357 e. The number of nitrogens with one attached hydrogen (secondary N) is 1. The fraction of sp³-hybridized carbons (Fsp3) is 0.571. The molecule has 0 fully saturated rings. The van der Waals surface area contributed by atoms with Gasteiger partial charge in [0.2, 0.25) is 5.88 Å². The van der Waals surface area contributed by atoms with Crippen molar-refractivity contribution >= 4 is 17.6 Å². The van der Waals surface area contributed by atoms with Crippen LogP contribution in [0.15, 0.2) is 4.52 Å². The molecule has 0 amide bonds. The third-order valence-electron chi connectivity index (χ3n) is 1.83. The zero-order valence-corrected chi connectivity index (χ0v) is 7.20. The van der Waals surface area contributed by atoms with Crippen molar-refractivity contribution in [3.63, 3.8) is 0 Å². The summed E-state index contributed by atoms with van der Waals surface area (Å²) < 4.78 is 5.09. The van der Waals surface area contributed by atoms with Crippen LogP contribution in [0, 0.1) is 0 Å². The Kier molecular flexibility index (Phi) is 1.77. The van der Waals surface area contributed by atoms with Crippen molar-refractivity contribution in [2.45, 2.75) is 12.2 Å². The number of hydrogen-bond acceptors (Lipinski definition) is 4. The summed E-state index contributed by atoms with van der Waals surface area (Å²) in [5.41, 5.74) is 2.39. The molecule has 0 aliphatic carbocycles. The van der Waals surface area contributed by atoms with Crippen molar-refractivity contribution in [2.75, 3.05) is 18.1 Å². The smallest absolute Gasteiger partial charge is 0.227 e. The van der Waals surface area contributed by atoms with Crippen molar-refractivity contribution in [3.05, 3.63) is 11.3 Å². The molecule has 60 valence electrons. The predicted molar refractivity (Wildman–Crippen MR) is 45.9 cm³/mol. The van der Waals surface area contributed by atoms with Crippen LogP contribution in [0.4, 0.5) is 5.88 Å². The summed E-state index contributed by atoms with van der Waals surface area (Å²) in [7, 11) is 1.86. The molecule has 11 heavy (non-hydrogen) atoms. The van der Waals surface area contributed by atoms with E-state index in [9.17, 15) is 0 Å². The van der Waals surface area contributed by atoms with Gasteiger partial charge in [0.15, 0.2) is 0 Å². The topological polar surface area (TPSA) is 38.1 Å². The van der Waals surface area contributed by atoms with Gasteiger partial charge in [-0.3, -0.25) is 0 Å². The molecule has 2 rings (SSSR count). The maximum Gasteiger partial charge on any atom is 0.227 e. The molecule has 0 atom stereocenters. The van der Waals surface area contributed by atoms with Gasteiger partial charge in [-0.1, -0.05) is 5.16 Å². The summed E-state index contributed by atoms with van der Waals surface area (Å²) >= 11 is 1.91. The van der Waals surface area contributed by atoms with Crippen LogP contribution < -0.4 is 5.32 Å². The van der Waals surface area contributed by atoms with E-state index in [-0.39, 0.29) is 0 Å². The van der Waals surface area contributed by atoms with Crippen LogP contribution in [0.3, 0.4) is 0 Å². The molecule has 3 nitrogen and oxygen atoms in total. The minimum absolute atomic E-state index is 0.847. The van der Waals surface area contributed by atoms with E-state index in [1.807, 2.05) is 18.8 Å². The number of hydrogen-bond donors (Lipinski definition) is 1. The molecule has 0 aromatic carbocycles. The molecule has 1 N–H and O–H groups in total. The van der Waals surface area contributed by atoms with Crippen molar-refractivity contribution in [1.82, 2.24) is 5.16 Å². The fourth-order valence-electron chi connectivity index (χ4n) is 1.25. The summed E-state index contributed by atoms with van der Waals surface area (Å²) in [6.45, 7) is 0. The summed E-state index contributed by atoms with van der Waals surface area (Å²) in [6.07, 6.45) is 1.08. The Bertz CT molecular complexity index is 245. The molecule has 0 unspecified atom stereocenters. The number of rotatable bonds is 1. The highest BCUT2D eigenvalue weighted by atomic mass is 32.2. The van der Waals surface area contributed by atoms with E-state index in [0.29, 0.717) is 0 Å². The van der Waals surface area contributed by atoms with Crippen molar-refractivity contribution in [2.24, 2.45) is 0 Å². The van der Waals surface area contributed by atoms with Crippen LogP contribution in [0.2, 0.25) is 0 Å². The lowest BCUT2D eigenvalue weighted by Gasteiger charge is -2.07. The van der Waals surface area contributed by atoms with Gasteiger partial charge in [0.25, 0.3) is 0 Å². The van der Waals surface area contributed by atoms with Gasteiger partial charge in [-0.05, 0) is 12.2 Å². The zero-order valence-electron chi connectivity index (χ0n) is 6.39. The molecule has 0 saturated heterocycles. The molecular weight excluding hydrogens is 160 g/mol. The van der Waals surface area contributed by atoms with E-state index in [0.717, 1.165) is 23.8 Å². The van der Waals surface area contributed by atoms with Gasteiger partial charge in [0, 0.05) is 18.4 Å². The Morgan fingerprint density at radius 2 is 2.55 bits per heavy atom. The molecule has 1 aromatic heterocycles. The number of nitrogens with zero attached hydrogens (tertiary/aromatic N) is 1. The third kappa shape index (κ3) is 1.11. The van der Waals surface area contributed by atoms with E-state index >= 15 is 0 Å². The average molecular weight is 170 g/mol. The predicted octanol–water partition coefficient (Wildman–Crippen LogP) is 1.51. The highest BCUT2D eigenvalue weighted by Gasteiger charge is 2.18. The van der Waals surface area contributed by atoms with Crippen molar-refractivity contribution in [1.29, 1.82) is 0 Å². The molecular formula is C7H10N2OS. The Morgan fingerprint density at radius 3 is 3.36 bits per heavy atom. The highest BCUT2D eigenvalue weighted by molar-refractivity contribution is 7.98. The summed E-state index contributed by atoms with van der Waals surface area (Å²) in [5, 5.41) is 6.97. The highest BCUT2D eigenvalue weighted by Crippen LogP contribution is 2.28. The van der Waals surface area contributed by atoms with Crippen LogP contribution in [0.5, 0.6) is 0 Å². The van der Waals surface area contributed by atoms with Crippen LogP contribution in [0.1, 0.15) is 11.3 Å². The first-order chi connectivity index (χ1) is 5.42. The number of thioether (sulfide) groups is 1. The Balaban J connectivity index is 2.38. The van der Waals surface area contributed by atoms with Gasteiger partial charge in [-0.15, -0.1) is 0 Å². The van der Waals surface area contributed by atoms with Gasteiger partial charge in [-0.25, -0.2) is 0 Å². The van der Waals surface area contributed by atoms with Gasteiger partial charge >= 0.3 is 0 Å². The standard InChI is InChI=1S/C7H10N2OS/c1-8-7-5-2-3-11-4-6(5)9-10-7/h8H,2-4H2,1H3. The average Bonchev–Trinajstić information content (AvgIpc) is 2.47. The molecule has 0 spiro atoms. The lowest BCUT2D eigenvalue weighted by atomic mass is 10.2. The molecule has 0 radical (unpaired) electrons. The van der Waals surface area contributed by atoms with Crippen LogP contribution in [-0.4, -0.2) is 18.0 Å². The maximum absolute atomic E-state index is 5.09. The van der Waals surface area contributed by atoms with Crippen LogP contribution in [-0.2, 0) is 12.2 Å². The van der Waals surface area contributed by atoms with E-state index in [1.54, 1.807) is 0 Å². The molecule has 2 heterocycles. The fourth-order valence-corrected chi connectivity index (χ4v) is 2.17. The lowest BCUT2D eigenvalue weighted by Crippen LogP contribution is -2.02. The monoisotopic (exact) mass is 170 g/mol. The second-order valence-corrected chi connectivity index (χ2v) is 3.59. The van der Waals surface area contributed by atoms with E-state index in [1.165, 1.54) is 11.3 Å². The van der Waals surface area contributed by atoms with E-state index < -0.39 is 0 Å². The maximum atomic E-state index is 5.09. The summed E-state index contributed by atoms with van der Waals surface area (Å²) in [4.78, 5) is 0. The number of aromatic nitrogens is 1. The third-order valence-corrected chi connectivity index (χ3v) is 2.80. The Morgan fingerprint density at radius 1 is 1.64 bits per heavy atom. The Hall–Kier alpha value is -0.640. The molecule has 4 heteroatoms. The molecule has 0 saturated carbocycles. The SMILES string of the molecule is CNc1onc2c1CCSC2. The summed E-state index contributed by atoms with van der Waals surface area (Å²) in [5.74, 6) is 3.03. The van der Waals surface area contributed by atoms with Crippen molar-refractivity contribution in [3.8, 4) is 0 Å². The first kappa shape index (κ1) is 7.03. The zero-order chi connectivity index (χ0) is 7.68. The quantitative estimate of drug-likeness (QED) is 0.693. The van der Waals surface area contributed by atoms with Crippen LogP contribution in [0.25, 0.3) is 0 Å². The first-order valence-corrected chi connectivity index (χ1v) is 4.80. The number of fused-ring (bicyclic) bond motifs is 1. The first-order valence-electron chi connectivity index (χ1n) is 3.64. The molecule has 1 aliphatic rings. The lowest BCUT2D eigenvalue weighted by molar-refractivity contribution is 0.428. The van der Waals surface area contributed by atoms with Crippen LogP contribution >= 0.6 is 11.8 Å². The molecule has 0 bridgehead atoms. The van der Waals surface area contributed by atoms with E-state index in [4.69, 9.17) is 4.52 Å². The Labute approximate surface area is 69.5 Å². The normalized spacial score (nSPS) is 16.1. The largest absolute Gasteiger partial charge is 0.357 e. The number of anilines is 1. The molecule has 1 aromatic rings. The van der Waals surface area contributed by atoms with Gasteiger partial charge in [-0.2, -0.15) is 11.8 Å². The van der Waals surface area contributed by atoms with Gasteiger partial charge < -0.3 is 9.84 Å². The second kappa shape index (κ2) is 2.77. The summed E-state index contributed by atoms with van der Waals surface area (Å²) in [6, 6.07) is 0. The minimum atomic E-state index is 0.847. The van der Waals surface area contributed by atoms with E-state index in [2.05, 4.69) is 10.5 Å². The van der Waals surface area contributed by atoms with Crippen molar-refractivity contribution < 1.29 is 4.52 Å². The van der Waals surface area contributed by atoms with Gasteiger partial charge in [0.05, 0.1) is 5.69 Å². The van der Waals surface area contributed by atoms with Gasteiger partial charge in [0.1, 0.15) is 0 Å². The second-order valence-electron chi connectivity index (χ2n) is 2.49.